The molecule has 3 N–H and O–H groups in total. The van der Waals surface area contributed by atoms with Crippen LogP contribution in [0.15, 0.2) is 29.2 Å². The first-order valence-corrected chi connectivity index (χ1v) is 9.96. The van der Waals surface area contributed by atoms with Gasteiger partial charge in [-0.25, -0.2) is 8.42 Å². The molecular weight excluding hydrogens is 342 g/mol. The van der Waals surface area contributed by atoms with Gasteiger partial charge in [0.2, 0.25) is 15.9 Å². The fourth-order valence-corrected chi connectivity index (χ4v) is 3.80. The third-order valence-corrected chi connectivity index (χ3v) is 5.47. The Morgan fingerprint density at radius 1 is 1.36 bits per heavy atom. The largest absolute Gasteiger partial charge is 0.355 e. The molecule has 0 aliphatic carbocycles. The molecule has 1 heterocycles. The minimum absolute atomic E-state index is 0.0256. The highest BCUT2D eigenvalue weighted by Crippen LogP contribution is 2.14. The Hall–Kier alpha value is -1.93. The normalized spacial score (nSPS) is 18.0. The Bertz CT molecular complexity index is 731. The number of rotatable bonds is 7. The lowest BCUT2D eigenvalue weighted by Crippen LogP contribution is -2.50. The second kappa shape index (κ2) is 8.44. The van der Waals surface area contributed by atoms with Crippen molar-refractivity contribution >= 4 is 21.8 Å². The summed E-state index contributed by atoms with van der Waals surface area (Å²) in [6, 6.07) is 5.05. The van der Waals surface area contributed by atoms with Crippen LogP contribution in [-0.4, -0.2) is 39.4 Å². The number of amides is 2. The third kappa shape index (κ3) is 5.54. The molecule has 1 aromatic rings. The first-order valence-electron chi connectivity index (χ1n) is 8.48. The number of sulfonamides is 1. The Kier molecular flexibility index (Phi) is 6.55. The Balaban J connectivity index is 2.08. The quantitative estimate of drug-likeness (QED) is 0.669. The molecule has 1 saturated heterocycles. The Morgan fingerprint density at radius 2 is 2.12 bits per heavy atom. The van der Waals surface area contributed by atoms with Gasteiger partial charge in [-0.1, -0.05) is 19.9 Å². The van der Waals surface area contributed by atoms with Crippen LogP contribution in [-0.2, 0) is 14.8 Å². The van der Waals surface area contributed by atoms with Gasteiger partial charge in [0.05, 0.1) is 4.90 Å². The van der Waals surface area contributed by atoms with Gasteiger partial charge in [0.25, 0.3) is 5.91 Å². The lowest BCUT2D eigenvalue weighted by Gasteiger charge is -2.22. The van der Waals surface area contributed by atoms with Crippen molar-refractivity contribution in [1.29, 1.82) is 0 Å². The summed E-state index contributed by atoms with van der Waals surface area (Å²) in [7, 11) is -3.87. The molecule has 0 aromatic heterocycles. The first kappa shape index (κ1) is 19.4. The molecule has 8 heteroatoms. The number of carbonyl (C=O) groups is 2. The van der Waals surface area contributed by atoms with Gasteiger partial charge in [0.15, 0.2) is 0 Å². The second-order valence-corrected chi connectivity index (χ2v) is 8.29. The standard InChI is InChI=1S/C17H25N3O4S/c1-12(2)8-10-19-16(21)13-5-3-6-14(11-13)25(23,24)20-15-7-4-9-18-17(15)22/h3,5-6,11-12,15,20H,4,7-10H2,1-2H3,(H,18,22)(H,19,21)/t15-/m0/s1. The van der Waals surface area contributed by atoms with Crippen molar-refractivity contribution in [3.05, 3.63) is 29.8 Å². The van der Waals surface area contributed by atoms with Crippen LogP contribution in [0.2, 0.25) is 0 Å². The number of hydrogen-bond acceptors (Lipinski definition) is 4. The molecule has 0 unspecified atom stereocenters. The van der Waals surface area contributed by atoms with Crippen molar-refractivity contribution in [2.75, 3.05) is 13.1 Å². The topological polar surface area (TPSA) is 104 Å². The van der Waals surface area contributed by atoms with Crippen LogP contribution < -0.4 is 15.4 Å². The lowest BCUT2D eigenvalue weighted by atomic mass is 10.1. The highest BCUT2D eigenvalue weighted by molar-refractivity contribution is 7.89. The van der Waals surface area contributed by atoms with E-state index in [1.54, 1.807) is 6.07 Å². The fraction of sp³-hybridized carbons (Fsp3) is 0.529. The molecule has 1 aliphatic heterocycles. The van der Waals surface area contributed by atoms with Crippen molar-refractivity contribution in [1.82, 2.24) is 15.4 Å². The number of carbonyl (C=O) groups excluding carboxylic acids is 2. The van der Waals surface area contributed by atoms with Gasteiger partial charge in [-0.05, 0) is 43.4 Å². The van der Waals surface area contributed by atoms with E-state index in [0.29, 0.717) is 25.4 Å². The second-order valence-electron chi connectivity index (χ2n) is 6.57. The average molecular weight is 367 g/mol. The molecule has 0 bridgehead atoms. The maximum Gasteiger partial charge on any atom is 0.251 e. The van der Waals surface area contributed by atoms with Crippen molar-refractivity contribution in [3.8, 4) is 0 Å². The zero-order chi connectivity index (χ0) is 18.4. The SMILES string of the molecule is CC(C)CCNC(=O)c1cccc(S(=O)(=O)N[C@H]2CCCNC2=O)c1. The van der Waals surface area contributed by atoms with Gasteiger partial charge in [-0.3, -0.25) is 9.59 Å². The van der Waals surface area contributed by atoms with E-state index in [-0.39, 0.29) is 22.3 Å². The molecular formula is C17H25N3O4S. The number of nitrogens with one attached hydrogen (secondary N) is 3. The number of hydrogen-bond donors (Lipinski definition) is 3. The van der Waals surface area contributed by atoms with Gasteiger partial charge < -0.3 is 10.6 Å². The van der Waals surface area contributed by atoms with E-state index in [1.807, 2.05) is 0 Å². The van der Waals surface area contributed by atoms with Crippen LogP contribution in [0, 0.1) is 5.92 Å². The molecule has 2 amide bonds. The third-order valence-electron chi connectivity index (χ3n) is 4.00. The molecule has 25 heavy (non-hydrogen) atoms. The Morgan fingerprint density at radius 3 is 2.80 bits per heavy atom. The van der Waals surface area contributed by atoms with Crippen molar-refractivity contribution in [2.45, 2.75) is 44.0 Å². The Labute approximate surface area is 148 Å². The summed E-state index contributed by atoms with van der Waals surface area (Å²) >= 11 is 0. The summed E-state index contributed by atoms with van der Waals surface area (Å²) in [5.41, 5.74) is 0.278. The molecule has 1 aromatic carbocycles. The average Bonchev–Trinajstić information content (AvgIpc) is 2.56. The zero-order valence-corrected chi connectivity index (χ0v) is 15.4. The first-order chi connectivity index (χ1) is 11.8. The molecule has 1 fully saturated rings. The summed E-state index contributed by atoms with van der Waals surface area (Å²) in [5.74, 6) is -0.164. The summed E-state index contributed by atoms with van der Waals surface area (Å²) in [6.45, 7) is 5.22. The minimum atomic E-state index is -3.87. The predicted octanol–water partition coefficient (Wildman–Crippen LogP) is 1.02. The fourth-order valence-electron chi connectivity index (χ4n) is 2.52. The summed E-state index contributed by atoms with van der Waals surface area (Å²) in [5, 5.41) is 5.42. The van der Waals surface area contributed by atoms with E-state index in [2.05, 4.69) is 29.2 Å². The highest BCUT2D eigenvalue weighted by atomic mass is 32.2. The summed E-state index contributed by atoms with van der Waals surface area (Å²) < 4.78 is 27.4. The zero-order valence-electron chi connectivity index (χ0n) is 14.5. The van der Waals surface area contributed by atoms with Crippen molar-refractivity contribution in [2.24, 2.45) is 5.92 Å². The van der Waals surface area contributed by atoms with E-state index < -0.39 is 16.1 Å². The molecule has 1 aliphatic rings. The number of benzene rings is 1. The summed E-state index contributed by atoms with van der Waals surface area (Å²) in [6.07, 6.45) is 2.03. The van der Waals surface area contributed by atoms with Crippen LogP contribution in [0.4, 0.5) is 0 Å². The van der Waals surface area contributed by atoms with Gasteiger partial charge in [0, 0.05) is 18.7 Å². The van der Waals surface area contributed by atoms with E-state index in [4.69, 9.17) is 0 Å². The molecule has 138 valence electrons. The molecule has 0 saturated carbocycles. The molecule has 0 radical (unpaired) electrons. The van der Waals surface area contributed by atoms with Crippen LogP contribution in [0.1, 0.15) is 43.5 Å². The maximum atomic E-state index is 12.5. The maximum absolute atomic E-state index is 12.5. The van der Waals surface area contributed by atoms with Crippen LogP contribution >= 0.6 is 0 Å². The molecule has 1 atom stereocenters. The van der Waals surface area contributed by atoms with Crippen molar-refractivity contribution < 1.29 is 18.0 Å². The van der Waals surface area contributed by atoms with Crippen LogP contribution in [0.5, 0.6) is 0 Å². The van der Waals surface area contributed by atoms with Gasteiger partial charge >= 0.3 is 0 Å². The van der Waals surface area contributed by atoms with E-state index in [9.17, 15) is 18.0 Å². The van der Waals surface area contributed by atoms with E-state index in [0.717, 1.165) is 12.8 Å². The minimum Gasteiger partial charge on any atom is -0.355 e. The van der Waals surface area contributed by atoms with E-state index in [1.165, 1.54) is 18.2 Å². The van der Waals surface area contributed by atoms with Gasteiger partial charge in [-0.2, -0.15) is 4.72 Å². The molecule has 2 rings (SSSR count). The number of piperidine rings is 1. The van der Waals surface area contributed by atoms with Crippen LogP contribution in [0.25, 0.3) is 0 Å². The summed E-state index contributed by atoms with van der Waals surface area (Å²) in [4.78, 5) is 23.9. The lowest BCUT2D eigenvalue weighted by molar-refractivity contribution is -0.124. The highest BCUT2D eigenvalue weighted by Gasteiger charge is 2.28. The van der Waals surface area contributed by atoms with Gasteiger partial charge in [0.1, 0.15) is 6.04 Å². The predicted molar refractivity (Wildman–Crippen MR) is 94.6 cm³/mol. The molecule has 7 nitrogen and oxygen atoms in total. The monoisotopic (exact) mass is 367 g/mol. The van der Waals surface area contributed by atoms with Gasteiger partial charge in [-0.15, -0.1) is 0 Å². The van der Waals surface area contributed by atoms with Crippen molar-refractivity contribution in [3.63, 3.8) is 0 Å². The molecule has 0 spiro atoms. The smallest absolute Gasteiger partial charge is 0.251 e. The van der Waals surface area contributed by atoms with E-state index >= 15 is 0 Å². The van der Waals surface area contributed by atoms with Crippen LogP contribution in [0.3, 0.4) is 0 Å².